The van der Waals surface area contributed by atoms with Crippen molar-refractivity contribution >= 4 is 5.91 Å². The lowest BCUT2D eigenvalue weighted by Crippen LogP contribution is -2.31. The molecule has 0 radical (unpaired) electrons. The van der Waals surface area contributed by atoms with Crippen LogP contribution in [0.4, 0.5) is 0 Å². The Bertz CT molecular complexity index is 944. The summed E-state index contributed by atoms with van der Waals surface area (Å²) in [6.07, 6.45) is 0.389. The molecule has 0 aliphatic heterocycles. The second-order valence-electron chi connectivity index (χ2n) is 7.38. The Balaban J connectivity index is 1.88. The average Bonchev–Trinajstić information content (AvgIpc) is 2.63. The molecule has 0 aromatic heterocycles. The third kappa shape index (κ3) is 4.65. The molecule has 2 nitrogen and oxygen atoms in total. The lowest BCUT2D eigenvalue weighted by Gasteiger charge is -2.22. The van der Waals surface area contributed by atoms with Crippen LogP contribution in [-0.2, 0) is 11.2 Å². The first-order valence-electron chi connectivity index (χ1n) is 9.41. The summed E-state index contributed by atoms with van der Waals surface area (Å²) in [7, 11) is 0. The van der Waals surface area contributed by atoms with Crippen molar-refractivity contribution in [3.8, 4) is 0 Å². The molecule has 0 unspecified atom stereocenters. The van der Waals surface area contributed by atoms with Gasteiger partial charge in [-0.15, -0.1) is 0 Å². The molecule has 3 aromatic rings. The normalized spacial score (nSPS) is 11.9. The monoisotopic (exact) mass is 357 g/mol. The maximum absolute atomic E-state index is 12.9. The van der Waals surface area contributed by atoms with Crippen LogP contribution in [0.15, 0.2) is 66.7 Å². The summed E-state index contributed by atoms with van der Waals surface area (Å²) < 4.78 is 0. The first-order chi connectivity index (χ1) is 12.9. The van der Waals surface area contributed by atoms with Gasteiger partial charge in [-0.3, -0.25) is 4.79 Å². The van der Waals surface area contributed by atoms with Crippen LogP contribution in [0.1, 0.15) is 45.0 Å². The van der Waals surface area contributed by atoms with E-state index in [0.717, 1.165) is 22.3 Å². The van der Waals surface area contributed by atoms with Gasteiger partial charge in [0.1, 0.15) is 0 Å². The Morgan fingerprint density at radius 3 is 2.07 bits per heavy atom. The number of nitrogens with one attached hydrogen (secondary N) is 1. The lowest BCUT2D eigenvalue weighted by atomic mass is 9.93. The molecule has 0 saturated carbocycles. The first-order valence-corrected chi connectivity index (χ1v) is 9.41. The maximum atomic E-state index is 12.9. The highest BCUT2D eigenvalue weighted by molar-refractivity contribution is 5.80. The molecule has 138 valence electrons. The molecule has 0 aliphatic rings. The van der Waals surface area contributed by atoms with Gasteiger partial charge in [-0.25, -0.2) is 0 Å². The average molecular weight is 357 g/mol. The minimum atomic E-state index is -0.148. The van der Waals surface area contributed by atoms with E-state index in [-0.39, 0.29) is 11.9 Å². The van der Waals surface area contributed by atoms with Crippen molar-refractivity contribution in [2.75, 3.05) is 0 Å². The van der Waals surface area contributed by atoms with E-state index < -0.39 is 0 Å². The van der Waals surface area contributed by atoms with Crippen LogP contribution in [0.2, 0.25) is 0 Å². The molecule has 2 heteroatoms. The van der Waals surface area contributed by atoms with Crippen LogP contribution in [0, 0.1) is 27.7 Å². The fraction of sp³-hybridized carbons (Fsp3) is 0.240. The quantitative estimate of drug-likeness (QED) is 0.653. The number of aryl methyl sites for hydroxylation is 4. The van der Waals surface area contributed by atoms with Crippen LogP contribution in [0.25, 0.3) is 0 Å². The highest BCUT2D eigenvalue weighted by Gasteiger charge is 2.19. The number of benzene rings is 3. The molecule has 1 atom stereocenters. The molecule has 3 rings (SSSR count). The van der Waals surface area contributed by atoms with E-state index in [1.54, 1.807) is 0 Å². The zero-order chi connectivity index (χ0) is 19.4. The van der Waals surface area contributed by atoms with Crippen LogP contribution in [0.3, 0.4) is 0 Å². The number of amides is 1. The van der Waals surface area contributed by atoms with Crippen molar-refractivity contribution in [3.63, 3.8) is 0 Å². The minimum absolute atomic E-state index is 0.0378. The van der Waals surface area contributed by atoms with Crippen molar-refractivity contribution < 1.29 is 4.79 Å². The van der Waals surface area contributed by atoms with Gasteiger partial charge in [-0.1, -0.05) is 77.9 Å². The maximum Gasteiger partial charge on any atom is 0.225 e. The molecule has 3 aromatic carbocycles. The Kier molecular flexibility index (Phi) is 5.75. The number of carbonyl (C=O) groups is 1. The topological polar surface area (TPSA) is 29.1 Å². The summed E-state index contributed by atoms with van der Waals surface area (Å²) in [5.41, 5.74) is 8.10. The van der Waals surface area contributed by atoms with Gasteiger partial charge in [0.15, 0.2) is 0 Å². The van der Waals surface area contributed by atoms with Crippen LogP contribution < -0.4 is 5.32 Å². The summed E-state index contributed by atoms with van der Waals surface area (Å²) in [4.78, 5) is 12.9. The van der Waals surface area contributed by atoms with Crippen LogP contribution in [-0.4, -0.2) is 5.91 Å². The molecule has 0 aliphatic carbocycles. The summed E-state index contributed by atoms with van der Waals surface area (Å²) >= 11 is 0. The van der Waals surface area contributed by atoms with Gasteiger partial charge < -0.3 is 5.32 Å². The van der Waals surface area contributed by atoms with E-state index in [9.17, 15) is 4.79 Å². The number of hydrogen-bond acceptors (Lipinski definition) is 1. The van der Waals surface area contributed by atoms with Crippen molar-refractivity contribution in [1.82, 2.24) is 5.32 Å². The largest absolute Gasteiger partial charge is 0.345 e. The molecule has 0 spiro atoms. The first kappa shape index (κ1) is 18.9. The molecular weight excluding hydrogens is 330 g/mol. The van der Waals surface area contributed by atoms with Crippen molar-refractivity contribution in [3.05, 3.63) is 106 Å². The Labute approximate surface area is 162 Å². The van der Waals surface area contributed by atoms with Gasteiger partial charge in [0.2, 0.25) is 5.91 Å². The van der Waals surface area contributed by atoms with Gasteiger partial charge in [0.25, 0.3) is 0 Å². The standard InChI is InChI=1S/C25H27NO/c1-17-10-12-22(19(3)14-17)16-24(27)26-25(21-8-6-5-7-9-21)23-13-11-18(2)15-20(23)4/h5-15,25H,16H2,1-4H3,(H,26,27)/t25-/m0/s1. The molecule has 0 bridgehead atoms. The van der Waals surface area contributed by atoms with E-state index in [1.165, 1.54) is 16.7 Å². The third-order valence-corrected chi connectivity index (χ3v) is 5.02. The Morgan fingerprint density at radius 1 is 0.815 bits per heavy atom. The van der Waals surface area contributed by atoms with Crippen molar-refractivity contribution in [1.29, 1.82) is 0 Å². The van der Waals surface area contributed by atoms with Gasteiger partial charge in [0, 0.05) is 0 Å². The van der Waals surface area contributed by atoms with Crippen LogP contribution in [0.5, 0.6) is 0 Å². The van der Waals surface area contributed by atoms with Crippen molar-refractivity contribution in [2.45, 2.75) is 40.2 Å². The minimum Gasteiger partial charge on any atom is -0.345 e. The number of rotatable bonds is 5. The Hall–Kier alpha value is -2.87. The number of hydrogen-bond donors (Lipinski definition) is 1. The van der Waals surface area contributed by atoms with E-state index in [2.05, 4.69) is 81.5 Å². The fourth-order valence-corrected chi connectivity index (χ4v) is 3.56. The molecule has 1 N–H and O–H groups in total. The number of carbonyl (C=O) groups excluding carboxylic acids is 1. The van der Waals surface area contributed by atoms with Gasteiger partial charge in [-0.05, 0) is 55.5 Å². The van der Waals surface area contributed by atoms with Gasteiger partial charge >= 0.3 is 0 Å². The third-order valence-electron chi connectivity index (χ3n) is 5.02. The summed E-state index contributed by atoms with van der Waals surface area (Å²) in [5.74, 6) is 0.0378. The van der Waals surface area contributed by atoms with Gasteiger partial charge in [-0.2, -0.15) is 0 Å². The Morgan fingerprint density at radius 2 is 1.44 bits per heavy atom. The molecular formula is C25H27NO. The van der Waals surface area contributed by atoms with Gasteiger partial charge in [0.05, 0.1) is 12.5 Å². The van der Waals surface area contributed by atoms with E-state index >= 15 is 0 Å². The molecule has 1 amide bonds. The van der Waals surface area contributed by atoms with E-state index in [0.29, 0.717) is 6.42 Å². The van der Waals surface area contributed by atoms with Crippen LogP contribution >= 0.6 is 0 Å². The highest BCUT2D eigenvalue weighted by atomic mass is 16.1. The molecule has 0 heterocycles. The lowest BCUT2D eigenvalue weighted by molar-refractivity contribution is -0.120. The van der Waals surface area contributed by atoms with E-state index in [1.807, 2.05) is 18.2 Å². The fourth-order valence-electron chi connectivity index (χ4n) is 3.56. The summed E-state index contributed by atoms with van der Waals surface area (Å²) in [5, 5.41) is 3.26. The highest BCUT2D eigenvalue weighted by Crippen LogP contribution is 2.26. The second-order valence-corrected chi connectivity index (χ2v) is 7.38. The predicted molar refractivity (Wildman–Crippen MR) is 112 cm³/mol. The molecule has 0 fully saturated rings. The molecule has 0 saturated heterocycles. The smallest absolute Gasteiger partial charge is 0.225 e. The van der Waals surface area contributed by atoms with E-state index in [4.69, 9.17) is 0 Å². The zero-order valence-electron chi connectivity index (χ0n) is 16.5. The second kappa shape index (κ2) is 8.22. The summed E-state index contributed by atoms with van der Waals surface area (Å²) in [6, 6.07) is 22.7. The van der Waals surface area contributed by atoms with Crippen molar-refractivity contribution in [2.24, 2.45) is 0 Å². The summed E-state index contributed by atoms with van der Waals surface area (Å²) in [6.45, 7) is 8.33. The SMILES string of the molecule is Cc1ccc(CC(=O)N[C@@H](c2ccccc2)c2ccc(C)cc2C)c(C)c1. The molecule has 27 heavy (non-hydrogen) atoms. The predicted octanol–water partition coefficient (Wildman–Crippen LogP) is 5.37. The zero-order valence-corrected chi connectivity index (χ0v) is 16.5.